The Balaban J connectivity index is 1.39. The number of amides is 1. The molecule has 1 aromatic heterocycles. The van der Waals surface area contributed by atoms with Crippen molar-refractivity contribution >= 4 is 29.3 Å². The first-order chi connectivity index (χ1) is 12.7. The van der Waals surface area contributed by atoms with Gasteiger partial charge in [-0.1, -0.05) is 54.1 Å². The molecule has 0 atom stereocenters. The summed E-state index contributed by atoms with van der Waals surface area (Å²) in [5.41, 5.74) is 2.97. The van der Waals surface area contributed by atoms with E-state index < -0.39 is 0 Å². The van der Waals surface area contributed by atoms with Crippen LogP contribution in [0.15, 0.2) is 67.0 Å². The normalized spacial score (nSPS) is 10.7. The maximum absolute atomic E-state index is 12.2. The van der Waals surface area contributed by atoms with Crippen molar-refractivity contribution in [3.63, 3.8) is 0 Å². The van der Waals surface area contributed by atoms with Crippen LogP contribution in [0.5, 0.6) is 0 Å². The van der Waals surface area contributed by atoms with Crippen LogP contribution in [0.4, 0.5) is 0 Å². The number of aromatic nitrogens is 2. The third-order valence-corrected chi connectivity index (χ3v) is 5.08. The lowest BCUT2D eigenvalue weighted by atomic mass is 10.2. The second-order valence-corrected chi connectivity index (χ2v) is 7.39. The summed E-state index contributed by atoms with van der Waals surface area (Å²) in [6.45, 7) is 1.28. The Morgan fingerprint density at radius 2 is 1.85 bits per heavy atom. The van der Waals surface area contributed by atoms with Gasteiger partial charge in [0.15, 0.2) is 0 Å². The first-order valence-corrected chi connectivity index (χ1v) is 9.91. The molecule has 1 amide bonds. The molecule has 0 spiro atoms. The molecular weight excluding hydrogens is 366 g/mol. The molecule has 0 saturated carbocycles. The summed E-state index contributed by atoms with van der Waals surface area (Å²) in [6, 6.07) is 17.9. The van der Waals surface area contributed by atoms with E-state index in [1.807, 2.05) is 54.6 Å². The van der Waals surface area contributed by atoms with Gasteiger partial charge in [-0.15, -0.1) is 0 Å². The van der Waals surface area contributed by atoms with Crippen molar-refractivity contribution in [1.82, 2.24) is 15.1 Å². The number of carbonyl (C=O) groups excluding carboxylic acids is 1. The van der Waals surface area contributed by atoms with E-state index in [0.29, 0.717) is 18.7 Å². The lowest BCUT2D eigenvalue weighted by molar-refractivity contribution is 0.0956. The van der Waals surface area contributed by atoms with Crippen molar-refractivity contribution in [2.75, 3.05) is 12.3 Å². The Hall–Kier alpha value is -2.24. The van der Waals surface area contributed by atoms with Crippen LogP contribution in [0.25, 0.3) is 0 Å². The van der Waals surface area contributed by atoms with E-state index in [-0.39, 0.29) is 5.91 Å². The SMILES string of the molecule is O=C(NCCSCc1ccc(Cl)cc1)c1cnn(Cc2ccccc2)c1. The number of benzene rings is 2. The van der Waals surface area contributed by atoms with E-state index in [0.717, 1.165) is 22.1 Å². The minimum Gasteiger partial charge on any atom is -0.351 e. The number of rotatable bonds is 8. The molecule has 1 N–H and O–H groups in total. The number of thioether (sulfide) groups is 1. The van der Waals surface area contributed by atoms with Gasteiger partial charge in [-0.3, -0.25) is 9.48 Å². The average Bonchev–Trinajstić information content (AvgIpc) is 3.12. The highest BCUT2D eigenvalue weighted by atomic mass is 35.5. The Morgan fingerprint density at radius 1 is 1.08 bits per heavy atom. The molecule has 0 unspecified atom stereocenters. The van der Waals surface area contributed by atoms with Gasteiger partial charge in [-0.05, 0) is 23.3 Å². The zero-order valence-electron chi connectivity index (χ0n) is 14.3. The predicted molar refractivity (Wildman–Crippen MR) is 108 cm³/mol. The Labute approximate surface area is 162 Å². The van der Waals surface area contributed by atoms with Crippen LogP contribution in [0.1, 0.15) is 21.5 Å². The molecule has 0 fully saturated rings. The summed E-state index contributed by atoms with van der Waals surface area (Å²) >= 11 is 7.65. The van der Waals surface area contributed by atoms with Crippen LogP contribution in [0.2, 0.25) is 5.02 Å². The van der Waals surface area contributed by atoms with Crippen LogP contribution in [-0.4, -0.2) is 28.0 Å². The summed E-state index contributed by atoms with van der Waals surface area (Å²) in [6.07, 6.45) is 3.39. The summed E-state index contributed by atoms with van der Waals surface area (Å²) in [7, 11) is 0. The molecule has 4 nitrogen and oxygen atoms in total. The predicted octanol–water partition coefficient (Wildman–Crippen LogP) is 4.25. The van der Waals surface area contributed by atoms with Crippen LogP contribution in [-0.2, 0) is 12.3 Å². The lowest BCUT2D eigenvalue weighted by Gasteiger charge is -2.04. The van der Waals surface area contributed by atoms with E-state index in [4.69, 9.17) is 11.6 Å². The van der Waals surface area contributed by atoms with Gasteiger partial charge in [0.1, 0.15) is 0 Å². The molecule has 2 aromatic carbocycles. The van der Waals surface area contributed by atoms with E-state index in [1.165, 1.54) is 5.56 Å². The molecule has 0 bridgehead atoms. The fourth-order valence-corrected chi connectivity index (χ4v) is 3.39. The monoisotopic (exact) mass is 385 g/mol. The molecule has 0 radical (unpaired) electrons. The van der Waals surface area contributed by atoms with Crippen LogP contribution in [0, 0.1) is 0 Å². The molecular formula is C20H20ClN3OS. The largest absolute Gasteiger partial charge is 0.351 e. The number of hydrogen-bond donors (Lipinski definition) is 1. The standard InChI is InChI=1S/C20H20ClN3OS/c21-19-8-6-17(7-9-19)15-26-11-10-22-20(25)18-12-23-24(14-18)13-16-4-2-1-3-5-16/h1-9,12,14H,10-11,13,15H2,(H,22,25). The van der Waals surface area contributed by atoms with Crippen molar-refractivity contribution in [1.29, 1.82) is 0 Å². The zero-order chi connectivity index (χ0) is 18.2. The third kappa shape index (κ3) is 5.64. The Kier molecular flexibility index (Phi) is 6.75. The van der Waals surface area contributed by atoms with E-state index in [1.54, 1.807) is 28.8 Å². The number of nitrogens with zero attached hydrogens (tertiary/aromatic N) is 2. The summed E-state index contributed by atoms with van der Waals surface area (Å²) in [5.74, 6) is 1.67. The number of carbonyl (C=O) groups is 1. The molecule has 6 heteroatoms. The highest BCUT2D eigenvalue weighted by Gasteiger charge is 2.08. The van der Waals surface area contributed by atoms with Gasteiger partial charge in [-0.25, -0.2) is 0 Å². The fraction of sp³-hybridized carbons (Fsp3) is 0.200. The quantitative estimate of drug-likeness (QED) is 0.590. The molecule has 134 valence electrons. The summed E-state index contributed by atoms with van der Waals surface area (Å²) in [4.78, 5) is 12.2. The van der Waals surface area contributed by atoms with E-state index in [9.17, 15) is 4.79 Å². The first kappa shape index (κ1) is 18.5. The van der Waals surface area contributed by atoms with Crippen molar-refractivity contribution in [2.24, 2.45) is 0 Å². The van der Waals surface area contributed by atoms with Crippen molar-refractivity contribution in [3.8, 4) is 0 Å². The minimum absolute atomic E-state index is 0.0867. The number of hydrogen-bond acceptors (Lipinski definition) is 3. The Bertz CT molecular complexity index is 834. The average molecular weight is 386 g/mol. The molecule has 0 aliphatic heterocycles. The minimum atomic E-state index is -0.0867. The summed E-state index contributed by atoms with van der Waals surface area (Å²) in [5, 5.41) is 7.95. The van der Waals surface area contributed by atoms with E-state index in [2.05, 4.69) is 10.4 Å². The molecule has 3 rings (SSSR count). The number of nitrogens with one attached hydrogen (secondary N) is 1. The maximum atomic E-state index is 12.2. The first-order valence-electron chi connectivity index (χ1n) is 8.37. The van der Waals surface area contributed by atoms with E-state index >= 15 is 0 Å². The molecule has 0 aliphatic carbocycles. The lowest BCUT2D eigenvalue weighted by Crippen LogP contribution is -2.25. The van der Waals surface area contributed by atoms with Gasteiger partial charge in [0, 0.05) is 29.3 Å². The molecule has 1 heterocycles. The molecule has 26 heavy (non-hydrogen) atoms. The highest BCUT2D eigenvalue weighted by Crippen LogP contribution is 2.15. The van der Waals surface area contributed by atoms with Crippen LogP contribution >= 0.6 is 23.4 Å². The fourth-order valence-electron chi connectivity index (χ4n) is 2.45. The molecule has 0 saturated heterocycles. The highest BCUT2D eigenvalue weighted by molar-refractivity contribution is 7.98. The Morgan fingerprint density at radius 3 is 2.62 bits per heavy atom. The van der Waals surface area contributed by atoms with Crippen LogP contribution < -0.4 is 5.32 Å². The van der Waals surface area contributed by atoms with Crippen molar-refractivity contribution in [3.05, 3.63) is 88.7 Å². The van der Waals surface area contributed by atoms with Crippen molar-refractivity contribution < 1.29 is 4.79 Å². The maximum Gasteiger partial charge on any atom is 0.254 e. The van der Waals surface area contributed by atoms with Gasteiger partial charge in [0.25, 0.3) is 5.91 Å². The van der Waals surface area contributed by atoms with Gasteiger partial charge in [0.2, 0.25) is 0 Å². The van der Waals surface area contributed by atoms with Gasteiger partial charge in [0.05, 0.1) is 18.3 Å². The van der Waals surface area contributed by atoms with Gasteiger partial charge in [-0.2, -0.15) is 16.9 Å². The summed E-state index contributed by atoms with van der Waals surface area (Å²) < 4.78 is 1.78. The third-order valence-electron chi connectivity index (χ3n) is 3.80. The zero-order valence-corrected chi connectivity index (χ0v) is 15.8. The molecule has 3 aromatic rings. The van der Waals surface area contributed by atoms with Crippen molar-refractivity contribution in [2.45, 2.75) is 12.3 Å². The smallest absolute Gasteiger partial charge is 0.254 e. The number of halogens is 1. The van der Waals surface area contributed by atoms with Gasteiger partial charge < -0.3 is 5.32 Å². The topological polar surface area (TPSA) is 46.9 Å². The molecule has 0 aliphatic rings. The second kappa shape index (κ2) is 9.46. The van der Waals surface area contributed by atoms with Gasteiger partial charge >= 0.3 is 0 Å². The van der Waals surface area contributed by atoms with Crippen LogP contribution in [0.3, 0.4) is 0 Å². The second-order valence-electron chi connectivity index (χ2n) is 5.85.